The zero-order valence-electron chi connectivity index (χ0n) is 17.4. The van der Waals surface area contributed by atoms with E-state index in [2.05, 4.69) is 30.6 Å². The van der Waals surface area contributed by atoms with Gasteiger partial charge in [0, 0.05) is 36.9 Å². The number of nitrogens with zero attached hydrogens (tertiary/aromatic N) is 4. The van der Waals surface area contributed by atoms with Crippen molar-refractivity contribution in [2.75, 3.05) is 53.7 Å². The van der Waals surface area contributed by atoms with Gasteiger partial charge in [-0.2, -0.15) is 0 Å². The Hall–Kier alpha value is -3.72. The topological polar surface area (TPSA) is 109 Å². The van der Waals surface area contributed by atoms with Crippen molar-refractivity contribution < 1.29 is 9.53 Å². The number of rotatable bonds is 7. The monoisotopic (exact) mass is 453 g/mol. The van der Waals surface area contributed by atoms with E-state index in [1.54, 1.807) is 12.1 Å². The molecular weight excluding hydrogens is 430 g/mol. The molecule has 0 bridgehead atoms. The standard InChI is InChI=1S/C22H24ClN7O2/c23-16-5-4-6-17(13-16)29-9-11-30(12-10-29)22-20(24)21(25-15-26-22)28-27-19(31)14-32-18-7-2-1-3-8-18/h1-8,13,15H,9-12,14,24H2,(H,27,31)(H,25,26,28). The summed E-state index contributed by atoms with van der Waals surface area (Å²) in [5.74, 6) is 1.22. The summed E-state index contributed by atoms with van der Waals surface area (Å²) in [4.78, 5) is 24.9. The first-order chi connectivity index (χ1) is 15.6. The molecule has 10 heteroatoms. The number of para-hydroxylation sites is 1. The van der Waals surface area contributed by atoms with E-state index < -0.39 is 0 Å². The number of nitrogens with one attached hydrogen (secondary N) is 2. The predicted octanol–water partition coefficient (Wildman–Crippen LogP) is 2.56. The molecule has 0 aliphatic carbocycles. The molecule has 0 spiro atoms. The number of anilines is 4. The van der Waals surface area contributed by atoms with E-state index in [0.29, 0.717) is 23.1 Å². The average molecular weight is 454 g/mol. The third kappa shape index (κ3) is 5.30. The van der Waals surface area contributed by atoms with Crippen LogP contribution in [-0.4, -0.2) is 48.7 Å². The summed E-state index contributed by atoms with van der Waals surface area (Å²) in [6.07, 6.45) is 1.42. The first kappa shape index (κ1) is 21.5. The van der Waals surface area contributed by atoms with Crippen molar-refractivity contribution in [2.45, 2.75) is 0 Å². The molecule has 1 saturated heterocycles. The van der Waals surface area contributed by atoms with Crippen molar-refractivity contribution in [3.8, 4) is 5.75 Å². The predicted molar refractivity (Wildman–Crippen MR) is 126 cm³/mol. The Kier molecular flexibility index (Phi) is 6.76. The highest BCUT2D eigenvalue weighted by Crippen LogP contribution is 2.28. The van der Waals surface area contributed by atoms with E-state index in [-0.39, 0.29) is 12.5 Å². The maximum atomic E-state index is 12.1. The second-order valence-corrected chi connectivity index (χ2v) is 7.62. The van der Waals surface area contributed by atoms with Gasteiger partial charge in [-0.05, 0) is 30.3 Å². The Morgan fingerprint density at radius 2 is 1.78 bits per heavy atom. The maximum absolute atomic E-state index is 12.1. The number of benzene rings is 2. The molecule has 32 heavy (non-hydrogen) atoms. The average Bonchev–Trinajstić information content (AvgIpc) is 2.83. The van der Waals surface area contributed by atoms with E-state index in [1.165, 1.54) is 6.33 Å². The van der Waals surface area contributed by atoms with Gasteiger partial charge >= 0.3 is 0 Å². The molecule has 0 atom stereocenters. The molecule has 0 saturated carbocycles. The van der Waals surface area contributed by atoms with Crippen LogP contribution in [0.1, 0.15) is 0 Å². The zero-order chi connectivity index (χ0) is 22.3. The Morgan fingerprint density at radius 3 is 2.53 bits per heavy atom. The molecule has 0 unspecified atom stereocenters. The van der Waals surface area contributed by atoms with Crippen molar-refractivity contribution in [1.29, 1.82) is 0 Å². The van der Waals surface area contributed by atoms with Gasteiger partial charge in [0.05, 0.1) is 0 Å². The molecule has 1 aliphatic heterocycles. The molecule has 3 aromatic rings. The lowest BCUT2D eigenvalue weighted by atomic mass is 10.2. The highest BCUT2D eigenvalue weighted by Gasteiger charge is 2.22. The minimum atomic E-state index is -0.358. The van der Waals surface area contributed by atoms with Crippen molar-refractivity contribution in [2.24, 2.45) is 0 Å². The fourth-order valence-electron chi connectivity index (χ4n) is 3.42. The number of halogens is 1. The third-order valence-electron chi connectivity index (χ3n) is 5.05. The smallest absolute Gasteiger partial charge is 0.276 e. The van der Waals surface area contributed by atoms with Crippen molar-refractivity contribution in [1.82, 2.24) is 15.4 Å². The number of nitrogens with two attached hydrogens (primary N) is 1. The van der Waals surface area contributed by atoms with Gasteiger partial charge in [0.1, 0.15) is 17.8 Å². The molecule has 1 fully saturated rings. The van der Waals surface area contributed by atoms with Gasteiger partial charge in [-0.1, -0.05) is 35.9 Å². The molecule has 9 nitrogen and oxygen atoms in total. The number of hydrazine groups is 1. The van der Waals surface area contributed by atoms with Gasteiger partial charge in [0.15, 0.2) is 18.2 Å². The second kappa shape index (κ2) is 10.1. The van der Waals surface area contributed by atoms with Gasteiger partial charge in [-0.3, -0.25) is 15.6 Å². The molecule has 166 valence electrons. The lowest BCUT2D eigenvalue weighted by Gasteiger charge is -2.37. The number of piperazine rings is 1. The first-order valence-corrected chi connectivity index (χ1v) is 10.6. The molecule has 1 aromatic heterocycles. The van der Waals surface area contributed by atoms with Crippen LogP contribution in [0.3, 0.4) is 0 Å². The lowest BCUT2D eigenvalue weighted by molar-refractivity contribution is -0.122. The lowest BCUT2D eigenvalue weighted by Crippen LogP contribution is -2.47. The Morgan fingerprint density at radius 1 is 1.03 bits per heavy atom. The van der Waals surface area contributed by atoms with Crippen LogP contribution in [0.2, 0.25) is 5.02 Å². The summed E-state index contributed by atoms with van der Waals surface area (Å²) >= 11 is 6.11. The van der Waals surface area contributed by atoms with E-state index in [1.807, 2.05) is 42.5 Å². The second-order valence-electron chi connectivity index (χ2n) is 7.19. The molecule has 2 heterocycles. The Bertz CT molecular complexity index is 1060. The van der Waals surface area contributed by atoms with Crippen LogP contribution in [0, 0.1) is 0 Å². The SMILES string of the molecule is Nc1c(NNC(=O)COc2ccccc2)ncnc1N1CCN(c2cccc(Cl)c2)CC1. The largest absolute Gasteiger partial charge is 0.484 e. The summed E-state index contributed by atoms with van der Waals surface area (Å²) < 4.78 is 5.42. The van der Waals surface area contributed by atoms with Crippen LogP contribution in [0.4, 0.5) is 23.0 Å². The number of ether oxygens (including phenoxy) is 1. The highest BCUT2D eigenvalue weighted by molar-refractivity contribution is 6.30. The third-order valence-corrected chi connectivity index (χ3v) is 5.28. The summed E-state index contributed by atoms with van der Waals surface area (Å²) in [5.41, 5.74) is 13.1. The summed E-state index contributed by atoms with van der Waals surface area (Å²) in [6.45, 7) is 2.95. The van der Waals surface area contributed by atoms with E-state index >= 15 is 0 Å². The van der Waals surface area contributed by atoms with Crippen molar-refractivity contribution in [3.05, 3.63) is 65.9 Å². The van der Waals surface area contributed by atoms with Crippen LogP contribution in [-0.2, 0) is 4.79 Å². The van der Waals surface area contributed by atoms with E-state index in [0.717, 1.165) is 36.9 Å². The van der Waals surface area contributed by atoms with Crippen LogP contribution in [0.15, 0.2) is 60.9 Å². The van der Waals surface area contributed by atoms with Gasteiger partial charge in [0.2, 0.25) is 0 Å². The minimum Gasteiger partial charge on any atom is -0.484 e. The molecule has 1 amide bonds. The number of carbonyl (C=O) groups excluding carboxylic acids is 1. The van der Waals surface area contributed by atoms with Gasteiger partial charge in [-0.15, -0.1) is 0 Å². The number of carbonyl (C=O) groups is 1. The molecule has 4 N–H and O–H groups in total. The summed E-state index contributed by atoms with van der Waals surface area (Å²) in [5, 5.41) is 0.719. The van der Waals surface area contributed by atoms with Crippen LogP contribution in [0.25, 0.3) is 0 Å². The van der Waals surface area contributed by atoms with Gasteiger partial charge in [0.25, 0.3) is 5.91 Å². The van der Waals surface area contributed by atoms with Crippen LogP contribution in [0.5, 0.6) is 5.75 Å². The highest BCUT2D eigenvalue weighted by atomic mass is 35.5. The number of hydrogen-bond donors (Lipinski definition) is 3. The molecule has 4 rings (SSSR count). The maximum Gasteiger partial charge on any atom is 0.276 e. The fraction of sp³-hybridized carbons (Fsp3) is 0.227. The zero-order valence-corrected chi connectivity index (χ0v) is 18.1. The first-order valence-electron chi connectivity index (χ1n) is 10.2. The van der Waals surface area contributed by atoms with Crippen LogP contribution >= 0.6 is 11.6 Å². The van der Waals surface area contributed by atoms with Gasteiger partial charge in [-0.25, -0.2) is 9.97 Å². The molecule has 1 aliphatic rings. The van der Waals surface area contributed by atoms with Crippen LogP contribution < -0.4 is 31.1 Å². The van der Waals surface area contributed by atoms with Crippen molar-refractivity contribution >= 4 is 40.5 Å². The summed E-state index contributed by atoms with van der Waals surface area (Å²) in [7, 11) is 0. The molecular formula is C22H24ClN7O2. The quantitative estimate of drug-likeness (QED) is 0.468. The minimum absolute atomic E-state index is 0.139. The number of nitrogen functional groups attached to an aromatic ring is 1. The van der Waals surface area contributed by atoms with E-state index in [4.69, 9.17) is 22.1 Å². The van der Waals surface area contributed by atoms with Gasteiger partial charge < -0.3 is 20.3 Å². The number of amides is 1. The Labute approximate surface area is 191 Å². The van der Waals surface area contributed by atoms with Crippen molar-refractivity contribution in [3.63, 3.8) is 0 Å². The summed E-state index contributed by atoms with van der Waals surface area (Å²) in [6, 6.07) is 16.9. The fourth-order valence-corrected chi connectivity index (χ4v) is 3.60. The normalized spacial score (nSPS) is 13.5. The number of aromatic nitrogens is 2. The molecule has 0 radical (unpaired) electrons. The number of hydrogen-bond acceptors (Lipinski definition) is 8. The van der Waals surface area contributed by atoms with E-state index in [9.17, 15) is 4.79 Å². The Balaban J connectivity index is 1.32. The molecule has 2 aromatic carbocycles.